The first-order chi connectivity index (χ1) is 11.8. The van der Waals surface area contributed by atoms with Crippen molar-refractivity contribution in [3.8, 4) is 0 Å². The molecule has 0 atom stereocenters. The zero-order valence-electron chi connectivity index (χ0n) is 13.2. The number of nitrogens with zero attached hydrogens (tertiary/aromatic N) is 3. The molecule has 1 fully saturated rings. The predicted octanol–water partition coefficient (Wildman–Crippen LogP) is 2.30. The number of amides is 1. The third-order valence-electron chi connectivity index (χ3n) is 4.13. The van der Waals surface area contributed by atoms with Crippen LogP contribution in [0.5, 0.6) is 0 Å². The lowest BCUT2D eigenvalue weighted by molar-refractivity contribution is -0.605. The number of halogens is 3. The molecule has 132 valence electrons. The number of carbonyl (C=O) groups is 1. The van der Waals surface area contributed by atoms with Crippen LogP contribution in [0.3, 0.4) is 0 Å². The second-order valence-corrected chi connectivity index (χ2v) is 5.78. The lowest BCUT2D eigenvalue weighted by Crippen LogP contribution is -2.49. The van der Waals surface area contributed by atoms with E-state index in [1.807, 2.05) is 4.90 Å². The molecule has 2 heterocycles. The lowest BCUT2D eigenvalue weighted by atomic mass is 10.1. The summed E-state index contributed by atoms with van der Waals surface area (Å²) < 4.78 is 39.0. The first-order valence-corrected chi connectivity index (χ1v) is 7.75. The zero-order chi connectivity index (χ0) is 18.0. The standard InChI is InChI=1S/C17H16F3N3O2/c18-17(19,20)14-4-1-5-15(11-14)21-7-9-22(10-8-21)16(24)13-3-2-6-23(25)12-13/h1-6,11-12H,7-10H2. The van der Waals surface area contributed by atoms with E-state index in [9.17, 15) is 23.2 Å². The van der Waals surface area contributed by atoms with Gasteiger partial charge in [0.25, 0.3) is 5.91 Å². The van der Waals surface area contributed by atoms with E-state index in [0.29, 0.717) is 42.2 Å². The van der Waals surface area contributed by atoms with Crippen LogP contribution in [0.1, 0.15) is 15.9 Å². The smallest absolute Gasteiger partial charge is 0.416 e. The van der Waals surface area contributed by atoms with Crippen LogP contribution in [-0.4, -0.2) is 37.0 Å². The van der Waals surface area contributed by atoms with Gasteiger partial charge in [0.15, 0.2) is 12.4 Å². The normalized spacial score (nSPS) is 15.3. The Labute approximate surface area is 142 Å². The molecule has 0 N–H and O–H groups in total. The number of hydrogen-bond donors (Lipinski definition) is 0. The van der Waals surface area contributed by atoms with Gasteiger partial charge in [0.2, 0.25) is 0 Å². The Morgan fingerprint density at radius 3 is 2.44 bits per heavy atom. The van der Waals surface area contributed by atoms with Crippen molar-refractivity contribution in [2.75, 3.05) is 31.1 Å². The van der Waals surface area contributed by atoms with Crippen LogP contribution in [-0.2, 0) is 6.18 Å². The van der Waals surface area contributed by atoms with Crippen LogP contribution in [0.4, 0.5) is 18.9 Å². The molecule has 1 saturated heterocycles. The van der Waals surface area contributed by atoms with Gasteiger partial charge in [-0.1, -0.05) is 6.07 Å². The Kier molecular flexibility index (Phi) is 4.52. The summed E-state index contributed by atoms with van der Waals surface area (Å²) in [6.07, 6.45) is -1.88. The lowest BCUT2D eigenvalue weighted by Gasteiger charge is -2.36. The van der Waals surface area contributed by atoms with Gasteiger partial charge in [-0.25, -0.2) is 0 Å². The fourth-order valence-corrected chi connectivity index (χ4v) is 2.81. The highest BCUT2D eigenvalue weighted by atomic mass is 19.4. The largest absolute Gasteiger partial charge is 0.619 e. The van der Waals surface area contributed by atoms with E-state index in [2.05, 4.69) is 0 Å². The fraction of sp³-hybridized carbons (Fsp3) is 0.294. The highest BCUT2D eigenvalue weighted by molar-refractivity contribution is 5.93. The summed E-state index contributed by atoms with van der Waals surface area (Å²) in [6.45, 7) is 1.61. The van der Waals surface area contributed by atoms with Crippen LogP contribution in [0.2, 0.25) is 0 Å². The van der Waals surface area contributed by atoms with Gasteiger partial charge >= 0.3 is 6.18 Å². The molecule has 8 heteroatoms. The SMILES string of the molecule is O=C(c1ccc[n+]([O-])c1)N1CCN(c2cccc(C(F)(F)F)c2)CC1. The molecule has 0 saturated carbocycles. The highest BCUT2D eigenvalue weighted by Crippen LogP contribution is 2.31. The minimum atomic E-state index is -4.38. The molecule has 1 aromatic carbocycles. The maximum Gasteiger partial charge on any atom is 0.416 e. The Balaban J connectivity index is 1.67. The molecule has 1 amide bonds. The monoisotopic (exact) mass is 351 g/mol. The summed E-state index contributed by atoms with van der Waals surface area (Å²) >= 11 is 0. The molecule has 0 spiro atoms. The fourth-order valence-electron chi connectivity index (χ4n) is 2.81. The summed E-state index contributed by atoms with van der Waals surface area (Å²) in [5.74, 6) is -0.256. The van der Waals surface area contributed by atoms with Gasteiger partial charge in [-0.15, -0.1) is 0 Å². The quantitative estimate of drug-likeness (QED) is 0.616. The Bertz CT molecular complexity index is 772. The minimum absolute atomic E-state index is 0.256. The number of aromatic nitrogens is 1. The van der Waals surface area contributed by atoms with Crippen molar-refractivity contribution in [2.45, 2.75) is 6.18 Å². The molecule has 0 unspecified atom stereocenters. The summed E-state index contributed by atoms with van der Waals surface area (Å²) in [5, 5.41) is 11.3. The molecular formula is C17H16F3N3O2. The van der Waals surface area contributed by atoms with Gasteiger partial charge in [0.05, 0.1) is 5.56 Å². The Hall–Kier alpha value is -2.77. The van der Waals surface area contributed by atoms with Gasteiger partial charge < -0.3 is 15.0 Å². The number of anilines is 1. The van der Waals surface area contributed by atoms with Crippen molar-refractivity contribution in [3.63, 3.8) is 0 Å². The van der Waals surface area contributed by atoms with E-state index < -0.39 is 11.7 Å². The van der Waals surface area contributed by atoms with Crippen molar-refractivity contribution >= 4 is 11.6 Å². The number of benzene rings is 1. The molecular weight excluding hydrogens is 335 g/mol. The van der Waals surface area contributed by atoms with E-state index in [1.165, 1.54) is 24.5 Å². The number of rotatable bonds is 2. The number of pyridine rings is 1. The second-order valence-electron chi connectivity index (χ2n) is 5.78. The maximum absolute atomic E-state index is 12.8. The predicted molar refractivity (Wildman–Crippen MR) is 85.0 cm³/mol. The molecule has 5 nitrogen and oxygen atoms in total. The topological polar surface area (TPSA) is 50.5 Å². The van der Waals surface area contributed by atoms with Crippen LogP contribution in [0, 0.1) is 5.21 Å². The molecule has 0 radical (unpaired) electrons. The van der Waals surface area contributed by atoms with Crippen LogP contribution in [0.25, 0.3) is 0 Å². The molecule has 1 aromatic heterocycles. The van der Waals surface area contributed by atoms with Crippen molar-refractivity contribution in [1.82, 2.24) is 4.90 Å². The van der Waals surface area contributed by atoms with Gasteiger partial charge in [0.1, 0.15) is 5.56 Å². The molecule has 25 heavy (non-hydrogen) atoms. The Morgan fingerprint density at radius 1 is 1.08 bits per heavy atom. The van der Waals surface area contributed by atoms with E-state index in [1.54, 1.807) is 17.0 Å². The third kappa shape index (κ3) is 3.84. The first kappa shape index (κ1) is 17.1. The third-order valence-corrected chi connectivity index (χ3v) is 4.13. The van der Waals surface area contributed by atoms with E-state index >= 15 is 0 Å². The molecule has 2 aromatic rings. The number of alkyl halides is 3. The van der Waals surface area contributed by atoms with E-state index in [4.69, 9.17) is 0 Å². The molecule has 3 rings (SSSR count). The van der Waals surface area contributed by atoms with Crippen molar-refractivity contribution in [2.24, 2.45) is 0 Å². The van der Waals surface area contributed by atoms with Gasteiger partial charge in [-0.2, -0.15) is 17.9 Å². The van der Waals surface area contributed by atoms with Crippen molar-refractivity contribution in [1.29, 1.82) is 0 Å². The van der Waals surface area contributed by atoms with Gasteiger partial charge in [0, 0.05) is 37.9 Å². The summed E-state index contributed by atoms with van der Waals surface area (Å²) in [4.78, 5) is 15.8. The van der Waals surface area contributed by atoms with Gasteiger partial charge in [-0.3, -0.25) is 4.79 Å². The van der Waals surface area contributed by atoms with Crippen LogP contribution >= 0.6 is 0 Å². The number of carbonyl (C=O) groups excluding carboxylic acids is 1. The highest BCUT2D eigenvalue weighted by Gasteiger charge is 2.31. The zero-order valence-corrected chi connectivity index (χ0v) is 13.2. The molecule has 1 aliphatic rings. The number of piperazine rings is 1. The average Bonchev–Trinajstić information content (AvgIpc) is 2.61. The van der Waals surface area contributed by atoms with E-state index in [0.717, 1.165) is 12.1 Å². The second kappa shape index (κ2) is 6.62. The minimum Gasteiger partial charge on any atom is -0.619 e. The summed E-state index contributed by atoms with van der Waals surface area (Å²) in [6, 6.07) is 8.23. The molecule has 0 bridgehead atoms. The van der Waals surface area contributed by atoms with Crippen molar-refractivity contribution in [3.05, 3.63) is 65.1 Å². The Morgan fingerprint density at radius 2 is 1.80 bits per heavy atom. The maximum atomic E-state index is 12.8. The van der Waals surface area contributed by atoms with Crippen LogP contribution in [0.15, 0.2) is 48.8 Å². The van der Waals surface area contributed by atoms with Crippen LogP contribution < -0.4 is 9.63 Å². The molecule has 0 aliphatic carbocycles. The van der Waals surface area contributed by atoms with Crippen molar-refractivity contribution < 1.29 is 22.7 Å². The van der Waals surface area contributed by atoms with E-state index in [-0.39, 0.29) is 5.91 Å². The summed E-state index contributed by atoms with van der Waals surface area (Å²) in [7, 11) is 0. The molecule has 1 aliphatic heterocycles. The average molecular weight is 351 g/mol. The van der Waals surface area contributed by atoms with Gasteiger partial charge in [-0.05, 0) is 24.3 Å². The summed E-state index contributed by atoms with van der Waals surface area (Å²) in [5.41, 5.74) is 0.0943. The first-order valence-electron chi connectivity index (χ1n) is 7.75. The number of hydrogen-bond acceptors (Lipinski definition) is 3.